The summed E-state index contributed by atoms with van der Waals surface area (Å²) in [4.78, 5) is 3.24. The fourth-order valence-corrected chi connectivity index (χ4v) is 1.53. The lowest BCUT2D eigenvalue weighted by molar-refractivity contribution is 0.884. The average molecular weight is 171 g/mol. The van der Waals surface area contributed by atoms with Crippen LogP contribution in [0.5, 0.6) is 0 Å². The molecule has 0 amide bonds. The molecule has 0 aliphatic heterocycles. The van der Waals surface area contributed by atoms with Crippen LogP contribution in [-0.4, -0.2) is 4.98 Å². The summed E-state index contributed by atoms with van der Waals surface area (Å²) in [6.07, 6.45) is 1.97. The third-order valence-electron chi connectivity index (χ3n) is 2.39. The largest absolute Gasteiger partial charge is 0.364 e. The lowest BCUT2D eigenvalue weighted by atomic mass is 9.98. The molecule has 0 radical (unpaired) electrons. The maximum Gasteiger partial charge on any atom is 0.0220 e. The molecule has 13 heavy (non-hydrogen) atoms. The summed E-state index contributed by atoms with van der Waals surface area (Å²) < 4.78 is 0. The molecule has 2 aromatic rings. The molecule has 0 aliphatic rings. The van der Waals surface area contributed by atoms with E-state index in [4.69, 9.17) is 0 Å². The maximum atomic E-state index is 3.24. The van der Waals surface area contributed by atoms with Crippen molar-refractivity contribution in [3.05, 3.63) is 59.9 Å². The number of aromatic nitrogens is 1. The number of H-pyrrole nitrogens is 1. The summed E-state index contributed by atoms with van der Waals surface area (Å²) in [6.45, 7) is 2.21. The molecule has 1 heteroatoms. The van der Waals surface area contributed by atoms with E-state index in [2.05, 4.69) is 42.2 Å². The predicted octanol–water partition coefficient (Wildman–Crippen LogP) is 3.17. The first-order valence-electron chi connectivity index (χ1n) is 4.56. The Labute approximate surface area is 78.4 Å². The van der Waals surface area contributed by atoms with Crippen LogP contribution in [-0.2, 0) is 0 Å². The second kappa shape index (κ2) is 3.48. The van der Waals surface area contributed by atoms with Crippen molar-refractivity contribution >= 4 is 0 Å². The molecule has 66 valence electrons. The van der Waals surface area contributed by atoms with Crippen molar-refractivity contribution in [2.45, 2.75) is 12.8 Å². The zero-order valence-electron chi connectivity index (χ0n) is 7.70. The summed E-state index contributed by atoms with van der Waals surface area (Å²) >= 11 is 0. The number of benzene rings is 1. The van der Waals surface area contributed by atoms with Gasteiger partial charge in [-0.15, -0.1) is 0 Å². The monoisotopic (exact) mass is 171 g/mol. The van der Waals surface area contributed by atoms with Gasteiger partial charge >= 0.3 is 0 Å². The van der Waals surface area contributed by atoms with Crippen LogP contribution >= 0.6 is 0 Å². The van der Waals surface area contributed by atoms with Crippen molar-refractivity contribution in [3.63, 3.8) is 0 Å². The summed E-state index contributed by atoms with van der Waals surface area (Å²) in [5, 5.41) is 0. The topological polar surface area (TPSA) is 15.8 Å². The van der Waals surface area contributed by atoms with Gasteiger partial charge in [-0.1, -0.05) is 37.3 Å². The average Bonchev–Trinajstić information content (AvgIpc) is 2.71. The molecule has 0 aliphatic carbocycles. The Kier molecular flexibility index (Phi) is 2.17. The molecular weight excluding hydrogens is 158 g/mol. The molecule has 1 aromatic carbocycles. The van der Waals surface area contributed by atoms with E-state index in [1.165, 1.54) is 11.3 Å². The highest BCUT2D eigenvalue weighted by Gasteiger charge is 2.06. The molecule has 0 saturated heterocycles. The van der Waals surface area contributed by atoms with Crippen LogP contribution in [0.2, 0.25) is 0 Å². The van der Waals surface area contributed by atoms with Crippen molar-refractivity contribution in [1.82, 2.24) is 4.98 Å². The van der Waals surface area contributed by atoms with Gasteiger partial charge in [-0.05, 0) is 17.7 Å². The van der Waals surface area contributed by atoms with Crippen molar-refractivity contribution < 1.29 is 0 Å². The normalized spacial score (nSPS) is 12.7. The number of rotatable bonds is 2. The van der Waals surface area contributed by atoms with E-state index in [0.29, 0.717) is 5.92 Å². The number of hydrogen-bond acceptors (Lipinski definition) is 0. The highest BCUT2D eigenvalue weighted by Crippen LogP contribution is 2.21. The van der Waals surface area contributed by atoms with Crippen LogP contribution in [0, 0.1) is 0 Å². The first kappa shape index (κ1) is 8.11. The van der Waals surface area contributed by atoms with Crippen LogP contribution in [0.1, 0.15) is 24.1 Å². The van der Waals surface area contributed by atoms with Gasteiger partial charge in [0.1, 0.15) is 0 Å². The highest BCUT2D eigenvalue weighted by atomic mass is 14.7. The quantitative estimate of drug-likeness (QED) is 0.714. The van der Waals surface area contributed by atoms with Crippen LogP contribution in [0.25, 0.3) is 0 Å². The van der Waals surface area contributed by atoms with E-state index >= 15 is 0 Å². The minimum Gasteiger partial charge on any atom is -0.364 e. The Hall–Kier alpha value is -1.50. The van der Waals surface area contributed by atoms with E-state index in [9.17, 15) is 0 Å². The van der Waals surface area contributed by atoms with Gasteiger partial charge in [0.2, 0.25) is 0 Å². The van der Waals surface area contributed by atoms with Crippen LogP contribution < -0.4 is 0 Å². The Morgan fingerprint density at radius 3 is 2.38 bits per heavy atom. The van der Waals surface area contributed by atoms with Crippen molar-refractivity contribution in [2.24, 2.45) is 0 Å². The lowest BCUT2D eigenvalue weighted by Crippen LogP contribution is -1.95. The van der Waals surface area contributed by atoms with Crippen LogP contribution in [0.4, 0.5) is 0 Å². The Bertz CT molecular complexity index is 348. The molecule has 1 aromatic heterocycles. The minimum absolute atomic E-state index is 0.455. The number of aromatic amines is 1. The minimum atomic E-state index is 0.455. The predicted molar refractivity (Wildman–Crippen MR) is 54.8 cm³/mol. The molecule has 0 spiro atoms. The van der Waals surface area contributed by atoms with Gasteiger partial charge in [-0.3, -0.25) is 0 Å². The molecule has 1 atom stereocenters. The van der Waals surface area contributed by atoms with Gasteiger partial charge in [0.25, 0.3) is 0 Å². The fraction of sp³-hybridized carbons (Fsp3) is 0.167. The van der Waals surface area contributed by atoms with Gasteiger partial charge in [0, 0.05) is 17.8 Å². The van der Waals surface area contributed by atoms with Gasteiger partial charge < -0.3 is 4.98 Å². The van der Waals surface area contributed by atoms with E-state index in [-0.39, 0.29) is 0 Å². The Morgan fingerprint density at radius 1 is 1.00 bits per heavy atom. The summed E-state index contributed by atoms with van der Waals surface area (Å²) in [5.74, 6) is 0.455. The molecule has 0 fully saturated rings. The van der Waals surface area contributed by atoms with Crippen molar-refractivity contribution in [1.29, 1.82) is 0 Å². The highest BCUT2D eigenvalue weighted by molar-refractivity contribution is 5.27. The van der Waals surface area contributed by atoms with Crippen LogP contribution in [0.3, 0.4) is 0 Å². The summed E-state index contributed by atoms with van der Waals surface area (Å²) in [5.41, 5.74) is 2.62. The van der Waals surface area contributed by atoms with E-state index in [1.807, 2.05) is 18.3 Å². The molecule has 0 bridgehead atoms. The zero-order valence-corrected chi connectivity index (χ0v) is 7.70. The molecule has 1 nitrogen and oxygen atoms in total. The summed E-state index contributed by atoms with van der Waals surface area (Å²) in [7, 11) is 0. The molecule has 0 saturated carbocycles. The number of nitrogens with one attached hydrogen (secondary N) is 1. The van der Waals surface area contributed by atoms with Crippen molar-refractivity contribution in [2.75, 3.05) is 0 Å². The van der Waals surface area contributed by atoms with Gasteiger partial charge in [0.05, 0.1) is 0 Å². The first-order valence-corrected chi connectivity index (χ1v) is 4.56. The number of hydrogen-bond donors (Lipinski definition) is 1. The molecule has 2 rings (SSSR count). The van der Waals surface area contributed by atoms with E-state index < -0.39 is 0 Å². The lowest BCUT2D eigenvalue weighted by Gasteiger charge is -2.09. The van der Waals surface area contributed by atoms with E-state index in [0.717, 1.165) is 0 Å². The summed E-state index contributed by atoms with van der Waals surface area (Å²) in [6, 6.07) is 14.7. The Balaban J connectivity index is 2.29. The second-order valence-electron chi connectivity index (χ2n) is 3.26. The SMILES string of the molecule is C[C@@H](c1ccccc1)c1ccc[nH]1. The third-order valence-corrected chi connectivity index (χ3v) is 2.39. The van der Waals surface area contributed by atoms with Gasteiger partial charge in [-0.25, -0.2) is 0 Å². The smallest absolute Gasteiger partial charge is 0.0220 e. The molecule has 1 heterocycles. The third kappa shape index (κ3) is 1.64. The standard InChI is InChI=1S/C12H13N/c1-10(12-8-5-9-13-12)11-6-3-2-4-7-11/h2-10,13H,1H3/t10-/m0/s1. The molecule has 1 N–H and O–H groups in total. The Morgan fingerprint density at radius 2 is 1.77 bits per heavy atom. The molecular formula is C12H13N. The maximum absolute atomic E-state index is 3.24. The zero-order chi connectivity index (χ0) is 9.10. The van der Waals surface area contributed by atoms with Crippen LogP contribution in [0.15, 0.2) is 48.7 Å². The van der Waals surface area contributed by atoms with Crippen molar-refractivity contribution in [3.8, 4) is 0 Å². The van der Waals surface area contributed by atoms with E-state index in [1.54, 1.807) is 0 Å². The first-order chi connectivity index (χ1) is 6.38. The molecule has 0 unspecified atom stereocenters. The van der Waals surface area contributed by atoms with Gasteiger partial charge in [0.15, 0.2) is 0 Å². The van der Waals surface area contributed by atoms with Gasteiger partial charge in [-0.2, -0.15) is 0 Å². The fourth-order valence-electron chi connectivity index (χ4n) is 1.53. The second-order valence-corrected chi connectivity index (χ2v) is 3.26.